The van der Waals surface area contributed by atoms with Crippen molar-refractivity contribution in [3.8, 4) is 0 Å². The fourth-order valence-corrected chi connectivity index (χ4v) is 3.45. The third kappa shape index (κ3) is 3.08. The van der Waals surface area contributed by atoms with Crippen LogP contribution in [0.4, 0.5) is 21.9 Å². The fraction of sp³-hybridized carbons (Fsp3) is 0.263. The number of fused-ring (bicyclic) bond motifs is 2. The van der Waals surface area contributed by atoms with E-state index in [1.54, 1.807) is 4.90 Å². The maximum atomic E-state index is 11.7. The topological polar surface area (TPSA) is 57.2 Å². The summed E-state index contributed by atoms with van der Waals surface area (Å²) in [5, 5.41) is 4.10. The highest BCUT2D eigenvalue weighted by molar-refractivity contribution is 6.31. The molecule has 0 saturated carbocycles. The van der Waals surface area contributed by atoms with E-state index in [0.717, 1.165) is 28.5 Å². The highest BCUT2D eigenvalue weighted by atomic mass is 35.5. The van der Waals surface area contributed by atoms with Crippen molar-refractivity contribution in [3.63, 3.8) is 0 Å². The van der Waals surface area contributed by atoms with Crippen LogP contribution in [0.15, 0.2) is 47.5 Å². The van der Waals surface area contributed by atoms with Crippen LogP contribution in [0.2, 0.25) is 5.02 Å². The molecule has 134 valence electrons. The molecule has 2 aromatic carbocycles. The van der Waals surface area contributed by atoms with E-state index in [9.17, 15) is 4.79 Å². The lowest BCUT2D eigenvalue weighted by Crippen LogP contribution is -2.50. The molecule has 0 bridgehead atoms. The van der Waals surface area contributed by atoms with Crippen molar-refractivity contribution in [1.29, 1.82) is 0 Å². The van der Waals surface area contributed by atoms with E-state index in [2.05, 4.69) is 16.3 Å². The Balaban J connectivity index is 1.70. The molecule has 2 aromatic rings. The van der Waals surface area contributed by atoms with Crippen LogP contribution in [-0.4, -0.2) is 55.0 Å². The number of nitrogens with zero attached hydrogens (tertiary/aromatic N) is 3. The van der Waals surface area contributed by atoms with Gasteiger partial charge in [-0.3, -0.25) is 0 Å². The highest BCUT2D eigenvalue weighted by Gasteiger charge is 2.26. The number of benzene rings is 2. The van der Waals surface area contributed by atoms with Crippen LogP contribution in [0.25, 0.3) is 0 Å². The molecular formula is C19H19ClN4O2. The number of piperazine rings is 1. The molecular weight excluding hydrogens is 352 g/mol. The number of hydrogen-bond acceptors (Lipinski definition) is 5. The van der Waals surface area contributed by atoms with Gasteiger partial charge in [0, 0.05) is 42.5 Å². The van der Waals surface area contributed by atoms with Crippen LogP contribution in [0.1, 0.15) is 5.56 Å². The van der Waals surface area contributed by atoms with E-state index in [1.807, 2.05) is 36.4 Å². The van der Waals surface area contributed by atoms with Crippen molar-refractivity contribution >= 4 is 40.6 Å². The maximum absolute atomic E-state index is 11.7. The second-order valence-corrected chi connectivity index (χ2v) is 6.65. The summed E-state index contributed by atoms with van der Waals surface area (Å²) in [7, 11) is 1.41. The molecule has 0 radical (unpaired) electrons. The summed E-state index contributed by atoms with van der Waals surface area (Å²) in [6.45, 7) is 2.59. The molecule has 0 atom stereocenters. The molecule has 1 N–H and O–H groups in total. The van der Waals surface area contributed by atoms with Gasteiger partial charge in [-0.25, -0.2) is 9.79 Å². The number of nitrogens with one attached hydrogen (secondary N) is 1. The van der Waals surface area contributed by atoms with Gasteiger partial charge in [0.2, 0.25) is 0 Å². The molecule has 2 aliphatic heterocycles. The Morgan fingerprint density at radius 1 is 1.12 bits per heavy atom. The van der Waals surface area contributed by atoms with E-state index >= 15 is 0 Å². The predicted molar refractivity (Wildman–Crippen MR) is 103 cm³/mol. The zero-order valence-corrected chi connectivity index (χ0v) is 15.2. The minimum absolute atomic E-state index is 0.286. The molecule has 2 heterocycles. The number of ether oxygens (including phenoxy) is 1. The Hall–Kier alpha value is -2.73. The summed E-state index contributed by atoms with van der Waals surface area (Å²) in [5.74, 6) is 0.888. The molecule has 1 fully saturated rings. The Labute approximate surface area is 157 Å². The number of amidine groups is 1. The second-order valence-electron chi connectivity index (χ2n) is 6.21. The van der Waals surface area contributed by atoms with Crippen LogP contribution >= 0.6 is 11.6 Å². The summed E-state index contributed by atoms with van der Waals surface area (Å²) < 4.78 is 4.82. The van der Waals surface area contributed by atoms with E-state index in [1.165, 1.54) is 7.11 Å². The van der Waals surface area contributed by atoms with Crippen molar-refractivity contribution in [3.05, 3.63) is 53.1 Å². The van der Waals surface area contributed by atoms with Gasteiger partial charge in [-0.1, -0.05) is 23.7 Å². The number of rotatable bonds is 0. The predicted octanol–water partition coefficient (Wildman–Crippen LogP) is 3.86. The van der Waals surface area contributed by atoms with Gasteiger partial charge in [-0.2, -0.15) is 0 Å². The normalized spacial score (nSPS) is 16.0. The fourth-order valence-electron chi connectivity index (χ4n) is 3.28. The summed E-state index contributed by atoms with van der Waals surface area (Å²) in [5.41, 5.74) is 3.76. The highest BCUT2D eigenvalue weighted by Crippen LogP contribution is 2.36. The summed E-state index contributed by atoms with van der Waals surface area (Å²) in [4.78, 5) is 20.6. The monoisotopic (exact) mass is 370 g/mol. The molecule has 0 aromatic heterocycles. The largest absolute Gasteiger partial charge is 0.453 e. The molecule has 2 aliphatic rings. The molecule has 1 saturated heterocycles. The number of para-hydroxylation sites is 1. The number of halogens is 1. The lowest BCUT2D eigenvalue weighted by molar-refractivity contribution is 0.106. The molecule has 4 rings (SSSR count). The first-order valence-electron chi connectivity index (χ1n) is 8.48. The average molecular weight is 371 g/mol. The van der Waals surface area contributed by atoms with Crippen LogP contribution in [0, 0.1) is 0 Å². The molecule has 6 nitrogen and oxygen atoms in total. The smallest absolute Gasteiger partial charge is 0.409 e. The van der Waals surface area contributed by atoms with Crippen molar-refractivity contribution in [1.82, 2.24) is 9.80 Å². The molecule has 7 heteroatoms. The van der Waals surface area contributed by atoms with E-state index < -0.39 is 0 Å². The van der Waals surface area contributed by atoms with Crippen molar-refractivity contribution in [2.75, 3.05) is 38.6 Å². The van der Waals surface area contributed by atoms with Gasteiger partial charge in [0.1, 0.15) is 5.84 Å². The molecule has 1 amide bonds. The van der Waals surface area contributed by atoms with Crippen molar-refractivity contribution < 1.29 is 9.53 Å². The summed E-state index contributed by atoms with van der Waals surface area (Å²) >= 11 is 6.18. The van der Waals surface area contributed by atoms with Gasteiger partial charge in [-0.05, 0) is 30.3 Å². The number of carbonyl (C=O) groups excluding carboxylic acids is 1. The first kappa shape index (κ1) is 16.7. The summed E-state index contributed by atoms with van der Waals surface area (Å²) in [6, 6.07) is 13.8. The Morgan fingerprint density at radius 3 is 2.65 bits per heavy atom. The first-order chi connectivity index (χ1) is 12.7. The van der Waals surface area contributed by atoms with Gasteiger partial charge in [0.15, 0.2) is 0 Å². The van der Waals surface area contributed by atoms with Crippen LogP contribution in [0.5, 0.6) is 0 Å². The van der Waals surface area contributed by atoms with Gasteiger partial charge >= 0.3 is 6.09 Å². The van der Waals surface area contributed by atoms with Gasteiger partial charge < -0.3 is 19.9 Å². The Morgan fingerprint density at radius 2 is 1.88 bits per heavy atom. The molecule has 26 heavy (non-hydrogen) atoms. The summed E-state index contributed by atoms with van der Waals surface area (Å²) in [6.07, 6.45) is -0.286. The number of amides is 1. The average Bonchev–Trinajstić information content (AvgIpc) is 2.84. The zero-order chi connectivity index (χ0) is 18.1. The van der Waals surface area contributed by atoms with E-state index in [4.69, 9.17) is 21.3 Å². The number of methoxy groups -OCH3 is 1. The standard InChI is InChI=1S/C19H19ClN4O2/c1-26-19(25)24-10-8-23(9-11-24)18-14-4-2-3-5-15(14)21-16-7-6-13(20)12-17(16)22-18/h2-7,12,21H,8-11H2,1H3. The van der Waals surface area contributed by atoms with Crippen molar-refractivity contribution in [2.45, 2.75) is 0 Å². The van der Waals surface area contributed by atoms with E-state index in [0.29, 0.717) is 31.2 Å². The molecule has 0 spiro atoms. The third-order valence-electron chi connectivity index (χ3n) is 4.64. The van der Waals surface area contributed by atoms with Crippen LogP contribution < -0.4 is 5.32 Å². The number of hydrogen-bond donors (Lipinski definition) is 1. The molecule has 0 aliphatic carbocycles. The number of carbonyl (C=O) groups is 1. The van der Waals surface area contributed by atoms with Crippen molar-refractivity contribution in [2.24, 2.45) is 4.99 Å². The van der Waals surface area contributed by atoms with Crippen LogP contribution in [-0.2, 0) is 4.74 Å². The minimum Gasteiger partial charge on any atom is -0.453 e. The SMILES string of the molecule is COC(=O)N1CCN(C2=Nc3cc(Cl)ccc3Nc3ccccc32)CC1. The maximum Gasteiger partial charge on any atom is 0.409 e. The second kappa shape index (κ2) is 6.88. The Bertz CT molecular complexity index is 876. The van der Waals surface area contributed by atoms with E-state index in [-0.39, 0.29) is 6.09 Å². The quantitative estimate of drug-likeness (QED) is 0.765. The zero-order valence-electron chi connectivity index (χ0n) is 14.4. The molecule has 0 unspecified atom stereocenters. The minimum atomic E-state index is -0.286. The lowest BCUT2D eigenvalue weighted by atomic mass is 10.1. The van der Waals surface area contributed by atoms with Gasteiger partial charge in [-0.15, -0.1) is 0 Å². The first-order valence-corrected chi connectivity index (χ1v) is 8.86. The third-order valence-corrected chi connectivity index (χ3v) is 4.87. The van der Waals surface area contributed by atoms with Gasteiger partial charge in [0.25, 0.3) is 0 Å². The van der Waals surface area contributed by atoms with Gasteiger partial charge in [0.05, 0.1) is 18.5 Å². The lowest BCUT2D eigenvalue weighted by Gasteiger charge is -2.35. The number of aliphatic imine (C=N–C) groups is 1. The number of anilines is 2. The van der Waals surface area contributed by atoms with Crippen LogP contribution in [0.3, 0.4) is 0 Å². The Kier molecular flexibility index (Phi) is 4.42.